The Bertz CT molecular complexity index is 518. The molecule has 0 spiro atoms. The summed E-state index contributed by atoms with van der Waals surface area (Å²) in [6, 6.07) is 6.58. The maximum atomic E-state index is 14.0. The van der Waals surface area contributed by atoms with Crippen LogP contribution in [0, 0.1) is 5.82 Å². The third kappa shape index (κ3) is 2.92. The number of benzene rings is 1. The summed E-state index contributed by atoms with van der Waals surface area (Å²) in [7, 11) is 0. The molecule has 0 amide bonds. The van der Waals surface area contributed by atoms with E-state index >= 15 is 0 Å². The van der Waals surface area contributed by atoms with Crippen LogP contribution in [0.1, 0.15) is 37.7 Å². The summed E-state index contributed by atoms with van der Waals surface area (Å²) in [6.07, 6.45) is 6.39. The van der Waals surface area contributed by atoms with E-state index in [1.807, 2.05) is 0 Å². The highest BCUT2D eigenvalue weighted by molar-refractivity contribution is 5.51. The molecule has 1 saturated heterocycles. The van der Waals surface area contributed by atoms with Gasteiger partial charge in [-0.25, -0.2) is 4.39 Å². The Balaban J connectivity index is 1.54. The Labute approximate surface area is 125 Å². The van der Waals surface area contributed by atoms with Crippen molar-refractivity contribution in [1.29, 1.82) is 0 Å². The first-order chi connectivity index (χ1) is 10.3. The van der Waals surface area contributed by atoms with Gasteiger partial charge in [0.2, 0.25) is 0 Å². The third-order valence-corrected chi connectivity index (χ3v) is 4.93. The molecule has 2 saturated carbocycles. The van der Waals surface area contributed by atoms with E-state index in [2.05, 4.69) is 16.3 Å². The first-order valence-corrected chi connectivity index (χ1v) is 8.21. The maximum absolute atomic E-state index is 14.0. The predicted octanol–water partition coefficient (Wildman–Crippen LogP) is 2.84. The van der Waals surface area contributed by atoms with Crippen LogP contribution in [-0.4, -0.2) is 31.3 Å². The van der Waals surface area contributed by atoms with Crippen LogP contribution in [-0.2, 0) is 11.3 Å². The highest BCUT2D eigenvalue weighted by Crippen LogP contribution is 2.33. The lowest BCUT2D eigenvalue weighted by Gasteiger charge is -2.39. The van der Waals surface area contributed by atoms with Crippen molar-refractivity contribution in [3.05, 3.63) is 29.6 Å². The van der Waals surface area contributed by atoms with Crippen molar-refractivity contribution in [3.63, 3.8) is 0 Å². The molecule has 1 N–H and O–H groups in total. The Kier molecular flexibility index (Phi) is 3.59. The fourth-order valence-electron chi connectivity index (χ4n) is 3.70. The average molecular weight is 290 g/mol. The summed E-state index contributed by atoms with van der Waals surface area (Å²) >= 11 is 0. The van der Waals surface area contributed by atoms with Gasteiger partial charge in [-0.3, -0.25) is 0 Å². The molecule has 1 aromatic carbocycles. The molecule has 1 aromatic rings. The van der Waals surface area contributed by atoms with E-state index in [9.17, 15) is 4.39 Å². The smallest absolute Gasteiger partial charge is 0.125 e. The van der Waals surface area contributed by atoms with E-state index in [4.69, 9.17) is 4.74 Å². The number of hydrogen-bond acceptors (Lipinski definition) is 3. The van der Waals surface area contributed by atoms with Gasteiger partial charge < -0.3 is 15.0 Å². The molecule has 21 heavy (non-hydrogen) atoms. The van der Waals surface area contributed by atoms with E-state index in [0.717, 1.165) is 43.8 Å². The van der Waals surface area contributed by atoms with Crippen LogP contribution in [0.4, 0.5) is 10.1 Å². The van der Waals surface area contributed by atoms with E-state index in [0.29, 0.717) is 18.2 Å². The second kappa shape index (κ2) is 5.58. The number of rotatable bonds is 4. The zero-order chi connectivity index (χ0) is 14.2. The largest absolute Gasteiger partial charge is 0.374 e. The maximum Gasteiger partial charge on any atom is 0.125 e. The van der Waals surface area contributed by atoms with Gasteiger partial charge in [-0.1, -0.05) is 0 Å². The lowest BCUT2D eigenvalue weighted by Crippen LogP contribution is -2.48. The topological polar surface area (TPSA) is 24.5 Å². The normalized spacial score (nSPS) is 28.7. The SMILES string of the molecule is Fc1cc(CNC2CC2)cc(N2CCOC3CCCC32)c1. The Hall–Kier alpha value is -1.13. The molecule has 114 valence electrons. The minimum Gasteiger partial charge on any atom is -0.374 e. The zero-order valence-corrected chi connectivity index (χ0v) is 12.4. The number of fused-ring (bicyclic) bond motifs is 1. The van der Waals surface area contributed by atoms with Gasteiger partial charge in [-0.05, 0) is 55.9 Å². The van der Waals surface area contributed by atoms with Crippen molar-refractivity contribution in [1.82, 2.24) is 5.32 Å². The predicted molar refractivity (Wildman–Crippen MR) is 81.0 cm³/mol. The number of anilines is 1. The van der Waals surface area contributed by atoms with E-state index in [-0.39, 0.29) is 5.82 Å². The summed E-state index contributed by atoms with van der Waals surface area (Å²) in [5.41, 5.74) is 2.08. The van der Waals surface area contributed by atoms with Gasteiger partial charge >= 0.3 is 0 Å². The summed E-state index contributed by atoms with van der Waals surface area (Å²) < 4.78 is 19.8. The molecule has 1 aliphatic heterocycles. The summed E-state index contributed by atoms with van der Waals surface area (Å²) in [4.78, 5) is 2.37. The van der Waals surface area contributed by atoms with Crippen LogP contribution in [0.2, 0.25) is 0 Å². The van der Waals surface area contributed by atoms with Crippen molar-refractivity contribution in [3.8, 4) is 0 Å². The number of nitrogens with zero attached hydrogens (tertiary/aromatic N) is 1. The monoisotopic (exact) mass is 290 g/mol. The molecule has 4 heteroatoms. The second-order valence-corrected chi connectivity index (χ2v) is 6.57. The van der Waals surface area contributed by atoms with Gasteiger partial charge in [0.1, 0.15) is 5.82 Å². The summed E-state index contributed by atoms with van der Waals surface area (Å²) in [5, 5.41) is 3.47. The first kappa shape index (κ1) is 13.5. The quantitative estimate of drug-likeness (QED) is 0.923. The van der Waals surface area contributed by atoms with Crippen LogP contribution < -0.4 is 10.2 Å². The number of morpholine rings is 1. The molecule has 0 radical (unpaired) electrons. The molecule has 1 heterocycles. The molecular weight excluding hydrogens is 267 g/mol. The molecule has 0 bridgehead atoms. The van der Waals surface area contributed by atoms with Crippen LogP contribution in [0.3, 0.4) is 0 Å². The lowest BCUT2D eigenvalue weighted by atomic mass is 10.1. The minimum absolute atomic E-state index is 0.124. The fraction of sp³-hybridized carbons (Fsp3) is 0.647. The molecule has 3 fully saturated rings. The molecule has 3 aliphatic rings. The molecule has 2 unspecified atom stereocenters. The van der Waals surface area contributed by atoms with Crippen molar-refractivity contribution in [2.75, 3.05) is 18.1 Å². The molecule has 4 rings (SSSR count). The van der Waals surface area contributed by atoms with Crippen molar-refractivity contribution >= 4 is 5.69 Å². The summed E-state index contributed by atoms with van der Waals surface area (Å²) in [6.45, 7) is 2.40. The summed E-state index contributed by atoms with van der Waals surface area (Å²) in [5.74, 6) is -0.124. The van der Waals surface area contributed by atoms with Crippen LogP contribution >= 0.6 is 0 Å². The van der Waals surface area contributed by atoms with E-state index < -0.39 is 0 Å². The van der Waals surface area contributed by atoms with Crippen LogP contribution in [0.25, 0.3) is 0 Å². The number of hydrogen-bond donors (Lipinski definition) is 1. The Morgan fingerprint density at radius 3 is 2.95 bits per heavy atom. The molecule has 3 nitrogen and oxygen atoms in total. The van der Waals surface area contributed by atoms with Gasteiger partial charge in [-0.2, -0.15) is 0 Å². The Morgan fingerprint density at radius 2 is 2.10 bits per heavy atom. The lowest BCUT2D eigenvalue weighted by molar-refractivity contribution is 0.0256. The standard InChI is InChI=1S/C17H23FN2O/c18-13-8-12(11-19-14-4-5-14)9-15(10-13)20-6-7-21-17-3-1-2-16(17)20/h8-10,14,16-17,19H,1-7,11H2. The number of halogens is 1. The third-order valence-electron chi connectivity index (χ3n) is 4.93. The fourth-order valence-corrected chi connectivity index (χ4v) is 3.70. The van der Waals surface area contributed by atoms with Crippen molar-refractivity contribution in [2.24, 2.45) is 0 Å². The number of nitrogens with one attached hydrogen (secondary N) is 1. The molecule has 2 atom stereocenters. The van der Waals surface area contributed by atoms with Gasteiger partial charge in [-0.15, -0.1) is 0 Å². The van der Waals surface area contributed by atoms with Crippen molar-refractivity contribution in [2.45, 2.75) is 56.8 Å². The highest BCUT2D eigenvalue weighted by atomic mass is 19.1. The van der Waals surface area contributed by atoms with Crippen molar-refractivity contribution < 1.29 is 9.13 Å². The molecular formula is C17H23FN2O. The average Bonchev–Trinajstić information content (AvgIpc) is 3.19. The van der Waals surface area contributed by atoms with Crippen LogP contribution in [0.5, 0.6) is 0 Å². The highest BCUT2D eigenvalue weighted by Gasteiger charge is 2.36. The van der Waals surface area contributed by atoms with Gasteiger partial charge in [0, 0.05) is 24.8 Å². The Morgan fingerprint density at radius 1 is 1.19 bits per heavy atom. The van der Waals surface area contributed by atoms with Crippen LogP contribution in [0.15, 0.2) is 18.2 Å². The second-order valence-electron chi connectivity index (χ2n) is 6.57. The van der Waals surface area contributed by atoms with E-state index in [1.54, 1.807) is 12.1 Å². The zero-order valence-electron chi connectivity index (χ0n) is 12.4. The molecule has 0 aromatic heterocycles. The van der Waals surface area contributed by atoms with E-state index in [1.165, 1.54) is 19.3 Å². The number of ether oxygens (including phenoxy) is 1. The van der Waals surface area contributed by atoms with Gasteiger partial charge in [0.05, 0.1) is 18.8 Å². The first-order valence-electron chi connectivity index (χ1n) is 8.21. The van der Waals surface area contributed by atoms with Gasteiger partial charge in [0.25, 0.3) is 0 Å². The van der Waals surface area contributed by atoms with Gasteiger partial charge in [0.15, 0.2) is 0 Å². The molecule has 2 aliphatic carbocycles. The minimum atomic E-state index is -0.124.